The minimum atomic E-state index is -2.39. The van der Waals surface area contributed by atoms with Gasteiger partial charge in [0, 0.05) is 12.8 Å². The zero-order valence-corrected chi connectivity index (χ0v) is 10.1. The number of halogens is 2. The molecule has 14 heavy (non-hydrogen) atoms. The summed E-state index contributed by atoms with van der Waals surface area (Å²) in [6.07, 6.45) is 0.888. The van der Waals surface area contributed by atoms with E-state index in [0.29, 0.717) is 18.3 Å². The summed E-state index contributed by atoms with van der Waals surface area (Å²) in [5, 5.41) is 0. The average molecular weight is 206 g/mol. The summed E-state index contributed by atoms with van der Waals surface area (Å²) in [5.41, 5.74) is 0. The predicted molar refractivity (Wildman–Crippen MR) is 57.6 cm³/mol. The molecule has 0 aromatic heterocycles. The molecular weight excluding hydrogens is 182 g/mol. The van der Waals surface area contributed by atoms with Crippen LogP contribution in [0.3, 0.4) is 0 Å². The third-order valence-corrected chi connectivity index (χ3v) is 3.09. The third-order valence-electron chi connectivity index (χ3n) is 3.09. The highest BCUT2D eigenvalue weighted by atomic mass is 19.3. The van der Waals surface area contributed by atoms with Crippen molar-refractivity contribution in [2.24, 2.45) is 17.8 Å². The van der Waals surface area contributed by atoms with Crippen LogP contribution in [-0.2, 0) is 0 Å². The molecule has 0 saturated heterocycles. The Bertz CT molecular complexity index is 152. The third kappa shape index (κ3) is 3.93. The first-order valence-electron chi connectivity index (χ1n) is 5.80. The van der Waals surface area contributed by atoms with E-state index in [2.05, 4.69) is 6.92 Å². The maximum absolute atomic E-state index is 13.0. The van der Waals surface area contributed by atoms with Crippen LogP contribution in [0, 0.1) is 17.8 Å². The van der Waals surface area contributed by atoms with Gasteiger partial charge in [-0.2, -0.15) is 0 Å². The van der Waals surface area contributed by atoms with Crippen LogP contribution in [0.2, 0.25) is 0 Å². The molecule has 0 N–H and O–H groups in total. The summed E-state index contributed by atoms with van der Waals surface area (Å²) in [6.45, 7) is 10.2. The second kappa shape index (κ2) is 5.67. The number of hydrogen-bond donors (Lipinski definition) is 0. The van der Waals surface area contributed by atoms with Crippen LogP contribution in [0.4, 0.5) is 8.78 Å². The fourth-order valence-electron chi connectivity index (χ4n) is 2.19. The van der Waals surface area contributed by atoms with Gasteiger partial charge in [-0.3, -0.25) is 0 Å². The summed E-state index contributed by atoms with van der Waals surface area (Å²) in [5.74, 6) is -1.30. The molecule has 0 bridgehead atoms. The highest BCUT2D eigenvalue weighted by Gasteiger charge is 2.40. The predicted octanol–water partition coefficient (Wildman–Crippen LogP) is 4.74. The molecule has 0 heterocycles. The SMILES string of the molecule is CC.CC(C)C1CC(F)(F)CCC1C. The van der Waals surface area contributed by atoms with Gasteiger partial charge in [0.25, 0.3) is 0 Å². The van der Waals surface area contributed by atoms with Crippen LogP contribution in [0.15, 0.2) is 0 Å². The summed E-state index contributed by atoms with van der Waals surface area (Å²) in [7, 11) is 0. The van der Waals surface area contributed by atoms with E-state index in [0.717, 1.165) is 0 Å². The Hall–Kier alpha value is -0.140. The average Bonchev–Trinajstić information content (AvgIpc) is 2.12. The number of hydrogen-bond acceptors (Lipinski definition) is 0. The van der Waals surface area contributed by atoms with Crippen molar-refractivity contribution < 1.29 is 8.78 Å². The van der Waals surface area contributed by atoms with Crippen molar-refractivity contribution in [1.82, 2.24) is 0 Å². The molecule has 0 aromatic rings. The Morgan fingerprint density at radius 2 is 1.71 bits per heavy atom. The zero-order chi connectivity index (χ0) is 11.4. The van der Waals surface area contributed by atoms with Crippen LogP contribution in [0.1, 0.15) is 53.9 Å². The number of alkyl halides is 2. The van der Waals surface area contributed by atoms with Crippen LogP contribution in [-0.4, -0.2) is 5.92 Å². The molecule has 2 atom stereocenters. The molecule has 1 saturated carbocycles. The maximum atomic E-state index is 13.0. The first kappa shape index (κ1) is 13.9. The minimum absolute atomic E-state index is 0.0946. The van der Waals surface area contributed by atoms with E-state index in [9.17, 15) is 8.78 Å². The van der Waals surface area contributed by atoms with Crippen LogP contribution in [0.25, 0.3) is 0 Å². The van der Waals surface area contributed by atoms with E-state index >= 15 is 0 Å². The van der Waals surface area contributed by atoms with Crippen LogP contribution >= 0.6 is 0 Å². The van der Waals surface area contributed by atoms with Gasteiger partial charge in [-0.15, -0.1) is 0 Å². The van der Waals surface area contributed by atoms with E-state index < -0.39 is 5.92 Å². The standard InChI is InChI=1S/C10H18F2.C2H6/c1-7(2)9-6-10(11,12)5-4-8(9)3;1-2/h7-9H,4-6H2,1-3H3;1-2H3. The van der Waals surface area contributed by atoms with E-state index in [1.54, 1.807) is 0 Å². The molecule has 2 heteroatoms. The van der Waals surface area contributed by atoms with Crippen molar-refractivity contribution in [2.45, 2.75) is 59.8 Å². The Morgan fingerprint density at radius 1 is 1.21 bits per heavy atom. The van der Waals surface area contributed by atoms with Gasteiger partial charge in [0.2, 0.25) is 5.92 Å². The van der Waals surface area contributed by atoms with Crippen molar-refractivity contribution in [3.05, 3.63) is 0 Å². The van der Waals surface area contributed by atoms with E-state index in [1.807, 2.05) is 27.7 Å². The lowest BCUT2D eigenvalue weighted by Gasteiger charge is -2.36. The molecule has 1 rings (SSSR count). The first-order valence-corrected chi connectivity index (χ1v) is 5.80. The highest BCUT2D eigenvalue weighted by Crippen LogP contribution is 2.42. The normalized spacial score (nSPS) is 30.9. The van der Waals surface area contributed by atoms with Crippen LogP contribution < -0.4 is 0 Å². The molecule has 0 aliphatic heterocycles. The van der Waals surface area contributed by atoms with Gasteiger partial charge < -0.3 is 0 Å². The molecule has 0 amide bonds. The largest absolute Gasteiger partial charge is 0.248 e. The highest BCUT2D eigenvalue weighted by molar-refractivity contribution is 4.83. The minimum Gasteiger partial charge on any atom is -0.207 e. The summed E-state index contributed by atoms with van der Waals surface area (Å²) in [6, 6.07) is 0. The van der Waals surface area contributed by atoms with E-state index in [1.165, 1.54) is 0 Å². The van der Waals surface area contributed by atoms with Crippen molar-refractivity contribution in [3.8, 4) is 0 Å². The quantitative estimate of drug-likeness (QED) is 0.581. The maximum Gasteiger partial charge on any atom is 0.248 e. The van der Waals surface area contributed by atoms with E-state index in [-0.39, 0.29) is 18.8 Å². The lowest BCUT2D eigenvalue weighted by molar-refractivity contribution is -0.0755. The fraction of sp³-hybridized carbons (Fsp3) is 1.00. The van der Waals surface area contributed by atoms with Gasteiger partial charge in [-0.05, 0) is 24.2 Å². The van der Waals surface area contributed by atoms with Gasteiger partial charge in [0.1, 0.15) is 0 Å². The lowest BCUT2D eigenvalue weighted by Crippen LogP contribution is -2.33. The summed E-state index contributed by atoms with van der Waals surface area (Å²) >= 11 is 0. The Labute approximate surface area is 87.1 Å². The molecule has 2 unspecified atom stereocenters. The molecular formula is C12H24F2. The summed E-state index contributed by atoms with van der Waals surface area (Å²) < 4.78 is 26.0. The number of rotatable bonds is 1. The van der Waals surface area contributed by atoms with Crippen molar-refractivity contribution >= 4 is 0 Å². The molecule has 1 aliphatic rings. The van der Waals surface area contributed by atoms with Crippen LogP contribution in [0.5, 0.6) is 0 Å². The lowest BCUT2D eigenvalue weighted by atomic mass is 9.73. The molecule has 0 spiro atoms. The monoisotopic (exact) mass is 206 g/mol. The molecule has 0 radical (unpaired) electrons. The Balaban J connectivity index is 0.000000791. The molecule has 86 valence electrons. The zero-order valence-electron chi connectivity index (χ0n) is 10.1. The Kier molecular flexibility index (Phi) is 5.61. The molecule has 1 aliphatic carbocycles. The van der Waals surface area contributed by atoms with Gasteiger partial charge in [-0.1, -0.05) is 34.6 Å². The topological polar surface area (TPSA) is 0 Å². The van der Waals surface area contributed by atoms with Crippen molar-refractivity contribution in [1.29, 1.82) is 0 Å². The van der Waals surface area contributed by atoms with Crippen molar-refractivity contribution in [2.75, 3.05) is 0 Å². The smallest absolute Gasteiger partial charge is 0.207 e. The Morgan fingerprint density at radius 3 is 2.07 bits per heavy atom. The second-order valence-electron chi connectivity index (χ2n) is 4.48. The van der Waals surface area contributed by atoms with Gasteiger partial charge in [0.15, 0.2) is 0 Å². The van der Waals surface area contributed by atoms with Crippen molar-refractivity contribution in [3.63, 3.8) is 0 Å². The van der Waals surface area contributed by atoms with Gasteiger partial charge >= 0.3 is 0 Å². The molecule has 1 fully saturated rings. The second-order valence-corrected chi connectivity index (χ2v) is 4.48. The first-order chi connectivity index (χ1) is 6.42. The van der Waals surface area contributed by atoms with Gasteiger partial charge in [-0.25, -0.2) is 8.78 Å². The van der Waals surface area contributed by atoms with E-state index in [4.69, 9.17) is 0 Å². The van der Waals surface area contributed by atoms with Gasteiger partial charge in [0.05, 0.1) is 0 Å². The molecule has 0 aromatic carbocycles. The fourth-order valence-corrected chi connectivity index (χ4v) is 2.19. The summed E-state index contributed by atoms with van der Waals surface area (Å²) in [4.78, 5) is 0. The molecule has 0 nitrogen and oxygen atoms in total.